The normalized spacial score (nSPS) is 17.5. The Morgan fingerprint density at radius 3 is 2.88 bits per heavy atom. The zero-order valence-electron chi connectivity index (χ0n) is 14.7. The third-order valence-electron chi connectivity index (χ3n) is 4.85. The molecule has 2 aromatic rings. The van der Waals surface area contributed by atoms with Gasteiger partial charge in [-0.3, -0.25) is 4.99 Å². The molecule has 0 spiro atoms. The number of nitrogens with one attached hydrogen (secondary N) is 2. The lowest BCUT2D eigenvalue weighted by atomic mass is 9.83. The van der Waals surface area contributed by atoms with Gasteiger partial charge >= 0.3 is 0 Å². The van der Waals surface area contributed by atoms with E-state index in [1.165, 1.54) is 30.4 Å². The molecule has 0 aliphatic heterocycles. The summed E-state index contributed by atoms with van der Waals surface area (Å²) < 4.78 is 5.21. The number of aliphatic imine (C=N–C) groups is 1. The molecular weight excluding hydrogens is 300 g/mol. The summed E-state index contributed by atoms with van der Waals surface area (Å²) in [7, 11) is 1.80. The van der Waals surface area contributed by atoms with Gasteiger partial charge in [0, 0.05) is 31.6 Å². The van der Waals surface area contributed by atoms with Gasteiger partial charge in [0.15, 0.2) is 5.96 Å². The van der Waals surface area contributed by atoms with Crippen LogP contribution in [0.15, 0.2) is 33.8 Å². The predicted octanol–water partition coefficient (Wildman–Crippen LogP) is 3.08. The molecule has 3 rings (SSSR count). The number of hydrogen-bond donors (Lipinski definition) is 2. The van der Waals surface area contributed by atoms with E-state index in [9.17, 15) is 0 Å². The quantitative estimate of drug-likeness (QED) is 0.669. The molecule has 1 unspecified atom stereocenters. The minimum atomic E-state index is 0.549. The second-order valence-corrected chi connectivity index (χ2v) is 6.40. The van der Waals surface area contributed by atoms with Crippen LogP contribution in [0.4, 0.5) is 0 Å². The zero-order valence-corrected chi connectivity index (χ0v) is 14.7. The smallest absolute Gasteiger partial charge is 0.191 e. The average molecular weight is 326 g/mol. The van der Waals surface area contributed by atoms with Crippen molar-refractivity contribution in [2.45, 2.75) is 45.6 Å². The van der Waals surface area contributed by atoms with Gasteiger partial charge in [-0.1, -0.05) is 29.4 Å². The number of nitrogens with zero attached hydrogens (tertiary/aromatic N) is 2. The molecule has 1 aromatic carbocycles. The van der Waals surface area contributed by atoms with Gasteiger partial charge in [0.25, 0.3) is 0 Å². The van der Waals surface area contributed by atoms with Gasteiger partial charge < -0.3 is 15.2 Å². The maximum absolute atomic E-state index is 5.21. The standard InChI is InChI=1S/C19H26N4O/c1-13-18(14(2)24-23-13)12-22-19(20-3)21-11-16-9-6-8-15-7-4-5-10-17(15)16/h4-5,7,10,16H,6,8-9,11-12H2,1-3H3,(H2,20,21,22). The number of aryl methyl sites for hydroxylation is 3. The second kappa shape index (κ2) is 7.51. The van der Waals surface area contributed by atoms with E-state index in [-0.39, 0.29) is 0 Å². The van der Waals surface area contributed by atoms with Crippen LogP contribution < -0.4 is 10.6 Å². The third-order valence-corrected chi connectivity index (χ3v) is 4.85. The van der Waals surface area contributed by atoms with Crippen molar-refractivity contribution in [1.29, 1.82) is 0 Å². The van der Waals surface area contributed by atoms with Crippen molar-refractivity contribution < 1.29 is 4.52 Å². The van der Waals surface area contributed by atoms with Crippen molar-refractivity contribution in [1.82, 2.24) is 15.8 Å². The number of rotatable bonds is 4. The Balaban J connectivity index is 1.57. The summed E-state index contributed by atoms with van der Waals surface area (Å²) in [5, 5.41) is 10.8. The summed E-state index contributed by atoms with van der Waals surface area (Å²) in [6, 6.07) is 8.80. The van der Waals surface area contributed by atoms with Gasteiger partial charge in [-0.15, -0.1) is 0 Å². The van der Waals surface area contributed by atoms with Crippen molar-refractivity contribution in [2.24, 2.45) is 4.99 Å². The van der Waals surface area contributed by atoms with Crippen LogP contribution in [0, 0.1) is 13.8 Å². The van der Waals surface area contributed by atoms with E-state index < -0.39 is 0 Å². The Kier molecular flexibility index (Phi) is 5.18. The molecule has 128 valence electrons. The van der Waals surface area contributed by atoms with Gasteiger partial charge in [-0.05, 0) is 44.2 Å². The average Bonchev–Trinajstić information content (AvgIpc) is 2.93. The van der Waals surface area contributed by atoms with E-state index in [2.05, 4.69) is 45.0 Å². The maximum atomic E-state index is 5.21. The van der Waals surface area contributed by atoms with Gasteiger partial charge in [0.2, 0.25) is 0 Å². The highest BCUT2D eigenvalue weighted by Gasteiger charge is 2.20. The van der Waals surface area contributed by atoms with Crippen LogP contribution in [0.5, 0.6) is 0 Å². The molecule has 1 atom stereocenters. The van der Waals surface area contributed by atoms with Crippen LogP contribution in [0.25, 0.3) is 0 Å². The minimum Gasteiger partial charge on any atom is -0.361 e. The topological polar surface area (TPSA) is 62.5 Å². The van der Waals surface area contributed by atoms with Gasteiger partial charge in [0.1, 0.15) is 5.76 Å². The fourth-order valence-electron chi connectivity index (χ4n) is 3.43. The molecule has 24 heavy (non-hydrogen) atoms. The lowest BCUT2D eigenvalue weighted by Gasteiger charge is -2.26. The summed E-state index contributed by atoms with van der Waals surface area (Å²) in [5.74, 6) is 2.22. The molecule has 0 fully saturated rings. The summed E-state index contributed by atoms with van der Waals surface area (Å²) in [6.45, 7) is 5.47. The molecule has 5 nitrogen and oxygen atoms in total. The predicted molar refractivity (Wildman–Crippen MR) is 96.3 cm³/mol. The van der Waals surface area contributed by atoms with Crippen molar-refractivity contribution in [3.05, 3.63) is 52.4 Å². The lowest BCUT2D eigenvalue weighted by molar-refractivity contribution is 0.392. The zero-order chi connectivity index (χ0) is 16.9. The van der Waals surface area contributed by atoms with E-state index in [1.54, 1.807) is 7.05 Å². The molecule has 0 radical (unpaired) electrons. The monoisotopic (exact) mass is 326 g/mol. The van der Waals surface area contributed by atoms with Crippen LogP contribution in [0.2, 0.25) is 0 Å². The Bertz CT molecular complexity index is 700. The number of guanidine groups is 1. The van der Waals surface area contributed by atoms with Crippen molar-refractivity contribution in [2.75, 3.05) is 13.6 Å². The fraction of sp³-hybridized carbons (Fsp3) is 0.474. The Labute approximate surface area is 143 Å². The first-order valence-electron chi connectivity index (χ1n) is 8.63. The molecule has 5 heteroatoms. The molecule has 1 aliphatic carbocycles. The summed E-state index contributed by atoms with van der Waals surface area (Å²) >= 11 is 0. The van der Waals surface area contributed by atoms with E-state index in [0.29, 0.717) is 12.5 Å². The highest BCUT2D eigenvalue weighted by Crippen LogP contribution is 2.30. The van der Waals surface area contributed by atoms with Crippen LogP contribution in [-0.4, -0.2) is 24.7 Å². The molecule has 2 N–H and O–H groups in total. The molecule has 0 amide bonds. The van der Waals surface area contributed by atoms with Gasteiger partial charge in [-0.25, -0.2) is 0 Å². The van der Waals surface area contributed by atoms with Crippen molar-refractivity contribution in [3.8, 4) is 0 Å². The van der Waals surface area contributed by atoms with Crippen molar-refractivity contribution >= 4 is 5.96 Å². The van der Waals surface area contributed by atoms with Crippen LogP contribution in [0.3, 0.4) is 0 Å². The van der Waals surface area contributed by atoms with Crippen LogP contribution in [0.1, 0.15) is 46.9 Å². The second-order valence-electron chi connectivity index (χ2n) is 6.40. The third kappa shape index (κ3) is 3.61. The Morgan fingerprint density at radius 2 is 2.12 bits per heavy atom. The molecule has 0 bridgehead atoms. The highest BCUT2D eigenvalue weighted by atomic mass is 16.5. The largest absolute Gasteiger partial charge is 0.361 e. The Hall–Kier alpha value is -2.30. The first-order valence-corrected chi connectivity index (χ1v) is 8.63. The number of benzene rings is 1. The highest BCUT2D eigenvalue weighted by molar-refractivity contribution is 5.79. The number of hydrogen-bond acceptors (Lipinski definition) is 3. The molecular formula is C19H26N4O. The SMILES string of the molecule is CN=C(NCc1c(C)noc1C)NCC1CCCc2ccccc21. The van der Waals surface area contributed by atoms with E-state index in [0.717, 1.165) is 29.5 Å². The summed E-state index contributed by atoms with van der Waals surface area (Å²) in [6.07, 6.45) is 3.69. The number of aromatic nitrogens is 1. The van der Waals surface area contributed by atoms with Crippen LogP contribution >= 0.6 is 0 Å². The first kappa shape index (κ1) is 16.6. The molecule has 1 aliphatic rings. The first-order chi connectivity index (χ1) is 11.7. The maximum Gasteiger partial charge on any atom is 0.191 e. The molecule has 0 saturated carbocycles. The van der Waals surface area contributed by atoms with E-state index >= 15 is 0 Å². The van der Waals surface area contributed by atoms with E-state index in [4.69, 9.17) is 4.52 Å². The number of fused-ring (bicyclic) bond motifs is 1. The molecule has 0 saturated heterocycles. The molecule has 1 heterocycles. The van der Waals surface area contributed by atoms with Gasteiger partial charge in [0.05, 0.1) is 5.69 Å². The van der Waals surface area contributed by atoms with Crippen LogP contribution in [-0.2, 0) is 13.0 Å². The van der Waals surface area contributed by atoms with Crippen molar-refractivity contribution in [3.63, 3.8) is 0 Å². The minimum absolute atomic E-state index is 0.549. The van der Waals surface area contributed by atoms with Gasteiger partial charge in [-0.2, -0.15) is 0 Å². The summed E-state index contributed by atoms with van der Waals surface area (Å²) in [4.78, 5) is 4.33. The Morgan fingerprint density at radius 1 is 1.29 bits per heavy atom. The molecule has 1 aromatic heterocycles. The summed E-state index contributed by atoms with van der Waals surface area (Å²) in [5.41, 5.74) is 5.00. The van der Waals surface area contributed by atoms with E-state index in [1.807, 2.05) is 13.8 Å². The fourth-order valence-corrected chi connectivity index (χ4v) is 3.43. The lowest BCUT2D eigenvalue weighted by Crippen LogP contribution is -2.39.